The standard InChI is InChI=1S/C19H27ClN2O4/c1-25-16-7-5-15(14-17(16)26-2)6-8-19(24)22-12-10-21(11-13-22)18(23)4-3-9-20/h5,7,14H,3-4,6,8-13H2,1-2H3. The molecule has 0 saturated carbocycles. The molecule has 6 nitrogen and oxygen atoms in total. The highest BCUT2D eigenvalue weighted by atomic mass is 35.5. The van der Waals surface area contributed by atoms with E-state index in [1.807, 2.05) is 28.0 Å². The van der Waals surface area contributed by atoms with E-state index >= 15 is 0 Å². The van der Waals surface area contributed by atoms with Gasteiger partial charge in [0, 0.05) is 44.9 Å². The lowest BCUT2D eigenvalue weighted by Gasteiger charge is -2.35. The minimum absolute atomic E-state index is 0.118. The Hall–Kier alpha value is -1.95. The van der Waals surface area contributed by atoms with E-state index in [0.717, 1.165) is 5.56 Å². The van der Waals surface area contributed by atoms with E-state index in [2.05, 4.69) is 0 Å². The smallest absolute Gasteiger partial charge is 0.223 e. The maximum absolute atomic E-state index is 12.4. The van der Waals surface area contributed by atoms with E-state index < -0.39 is 0 Å². The fourth-order valence-electron chi connectivity index (χ4n) is 3.03. The van der Waals surface area contributed by atoms with Gasteiger partial charge in [0.15, 0.2) is 11.5 Å². The Morgan fingerprint density at radius 3 is 2.08 bits per heavy atom. The fourth-order valence-corrected chi connectivity index (χ4v) is 3.16. The summed E-state index contributed by atoms with van der Waals surface area (Å²) >= 11 is 5.63. The molecule has 144 valence electrons. The van der Waals surface area contributed by atoms with Gasteiger partial charge in [0.1, 0.15) is 0 Å². The third-order valence-electron chi connectivity index (χ3n) is 4.58. The van der Waals surface area contributed by atoms with Gasteiger partial charge in [-0.1, -0.05) is 6.07 Å². The first-order valence-corrected chi connectivity index (χ1v) is 9.45. The summed E-state index contributed by atoms with van der Waals surface area (Å²) in [6.45, 7) is 2.39. The molecule has 26 heavy (non-hydrogen) atoms. The van der Waals surface area contributed by atoms with Crippen LogP contribution in [-0.4, -0.2) is 67.9 Å². The number of piperazine rings is 1. The van der Waals surface area contributed by atoms with Crippen LogP contribution in [-0.2, 0) is 16.0 Å². The number of carbonyl (C=O) groups excluding carboxylic acids is 2. The van der Waals surface area contributed by atoms with E-state index in [1.165, 1.54) is 0 Å². The molecule has 1 aromatic rings. The molecule has 0 atom stereocenters. The number of aryl methyl sites for hydroxylation is 1. The summed E-state index contributed by atoms with van der Waals surface area (Å²) in [7, 11) is 3.20. The Kier molecular flexibility index (Phi) is 8.04. The number of rotatable bonds is 8. The van der Waals surface area contributed by atoms with E-state index in [4.69, 9.17) is 21.1 Å². The van der Waals surface area contributed by atoms with Crippen molar-refractivity contribution in [3.05, 3.63) is 23.8 Å². The highest BCUT2D eigenvalue weighted by Gasteiger charge is 2.23. The van der Waals surface area contributed by atoms with Crippen molar-refractivity contribution in [1.82, 2.24) is 9.80 Å². The van der Waals surface area contributed by atoms with Gasteiger partial charge in [0.25, 0.3) is 0 Å². The Bertz CT molecular complexity index is 616. The third kappa shape index (κ3) is 5.53. The van der Waals surface area contributed by atoms with Crippen molar-refractivity contribution in [1.29, 1.82) is 0 Å². The molecule has 0 N–H and O–H groups in total. The van der Waals surface area contributed by atoms with Crippen LogP contribution >= 0.6 is 11.6 Å². The van der Waals surface area contributed by atoms with Crippen molar-refractivity contribution >= 4 is 23.4 Å². The maximum Gasteiger partial charge on any atom is 0.223 e. The summed E-state index contributed by atoms with van der Waals surface area (Å²) in [5.41, 5.74) is 1.03. The highest BCUT2D eigenvalue weighted by Crippen LogP contribution is 2.28. The van der Waals surface area contributed by atoms with Crippen molar-refractivity contribution in [3.63, 3.8) is 0 Å². The Morgan fingerprint density at radius 2 is 1.54 bits per heavy atom. The summed E-state index contributed by atoms with van der Waals surface area (Å²) < 4.78 is 10.5. The van der Waals surface area contributed by atoms with Gasteiger partial charge >= 0.3 is 0 Å². The maximum atomic E-state index is 12.4. The zero-order chi connectivity index (χ0) is 18.9. The molecular weight excluding hydrogens is 356 g/mol. The average molecular weight is 383 g/mol. The van der Waals surface area contributed by atoms with Crippen molar-refractivity contribution in [2.75, 3.05) is 46.3 Å². The number of amides is 2. The summed E-state index contributed by atoms with van der Waals surface area (Å²) in [6, 6.07) is 5.70. The van der Waals surface area contributed by atoms with Crippen molar-refractivity contribution in [2.45, 2.75) is 25.7 Å². The molecule has 1 aliphatic heterocycles. The molecule has 2 amide bonds. The molecule has 0 bridgehead atoms. The Labute approximate surface area is 160 Å². The first-order valence-electron chi connectivity index (χ1n) is 8.91. The zero-order valence-corrected chi connectivity index (χ0v) is 16.3. The van der Waals surface area contributed by atoms with Gasteiger partial charge < -0.3 is 19.3 Å². The second-order valence-electron chi connectivity index (χ2n) is 6.24. The summed E-state index contributed by atoms with van der Waals surface area (Å²) in [4.78, 5) is 28.1. The third-order valence-corrected chi connectivity index (χ3v) is 4.85. The molecule has 0 aliphatic carbocycles. The van der Waals surface area contributed by atoms with Crippen LogP contribution in [0.15, 0.2) is 18.2 Å². The molecule has 1 aromatic carbocycles. The lowest BCUT2D eigenvalue weighted by Crippen LogP contribution is -2.50. The van der Waals surface area contributed by atoms with Crippen LogP contribution in [0.2, 0.25) is 0 Å². The predicted octanol–water partition coefficient (Wildman–Crippen LogP) is 2.33. The van der Waals surface area contributed by atoms with Gasteiger partial charge in [-0.2, -0.15) is 0 Å². The molecule has 1 saturated heterocycles. The van der Waals surface area contributed by atoms with Gasteiger partial charge in [-0.15, -0.1) is 11.6 Å². The van der Waals surface area contributed by atoms with Gasteiger partial charge in [-0.3, -0.25) is 9.59 Å². The topological polar surface area (TPSA) is 59.1 Å². The summed E-state index contributed by atoms with van der Waals surface area (Å²) in [5, 5.41) is 0. The van der Waals surface area contributed by atoms with Crippen LogP contribution in [0.1, 0.15) is 24.8 Å². The number of methoxy groups -OCH3 is 2. The second-order valence-corrected chi connectivity index (χ2v) is 6.62. The number of ether oxygens (including phenoxy) is 2. The first kappa shape index (κ1) is 20.4. The number of benzene rings is 1. The SMILES string of the molecule is COc1ccc(CCC(=O)N2CCN(C(=O)CCCCl)CC2)cc1OC. The van der Waals surface area contributed by atoms with Crippen molar-refractivity contribution in [2.24, 2.45) is 0 Å². The Morgan fingerprint density at radius 1 is 0.962 bits per heavy atom. The van der Waals surface area contributed by atoms with Crippen LogP contribution in [0.3, 0.4) is 0 Å². The summed E-state index contributed by atoms with van der Waals surface area (Å²) in [6.07, 6.45) is 2.27. The van der Waals surface area contributed by atoms with Gasteiger partial charge in [-0.05, 0) is 30.5 Å². The van der Waals surface area contributed by atoms with Crippen molar-refractivity contribution < 1.29 is 19.1 Å². The molecule has 1 fully saturated rings. The fraction of sp³-hybridized carbons (Fsp3) is 0.579. The lowest BCUT2D eigenvalue weighted by atomic mass is 10.1. The summed E-state index contributed by atoms with van der Waals surface area (Å²) in [5.74, 6) is 2.09. The monoisotopic (exact) mass is 382 g/mol. The minimum Gasteiger partial charge on any atom is -0.493 e. The average Bonchev–Trinajstić information content (AvgIpc) is 2.69. The molecule has 7 heteroatoms. The number of alkyl halides is 1. The van der Waals surface area contributed by atoms with Crippen LogP contribution in [0, 0.1) is 0 Å². The van der Waals surface area contributed by atoms with Crippen LogP contribution in [0.4, 0.5) is 0 Å². The molecule has 1 aliphatic rings. The van der Waals surface area contributed by atoms with E-state index in [-0.39, 0.29) is 11.8 Å². The minimum atomic E-state index is 0.118. The second kappa shape index (κ2) is 10.3. The molecule has 0 unspecified atom stereocenters. The van der Waals surface area contributed by atoms with Gasteiger partial charge in [0.05, 0.1) is 14.2 Å². The van der Waals surface area contributed by atoms with Gasteiger partial charge in [0.2, 0.25) is 11.8 Å². The molecule has 0 spiro atoms. The predicted molar refractivity (Wildman–Crippen MR) is 101 cm³/mol. The van der Waals surface area contributed by atoms with E-state index in [0.29, 0.717) is 69.2 Å². The highest BCUT2D eigenvalue weighted by molar-refractivity contribution is 6.17. The zero-order valence-electron chi connectivity index (χ0n) is 15.5. The number of hydrogen-bond acceptors (Lipinski definition) is 4. The molecule has 1 heterocycles. The Balaban J connectivity index is 1.80. The normalized spacial score (nSPS) is 14.3. The molecule has 2 rings (SSSR count). The number of carbonyl (C=O) groups is 2. The number of halogens is 1. The first-order chi connectivity index (χ1) is 12.6. The molecular formula is C19H27ClN2O4. The number of nitrogens with zero attached hydrogens (tertiary/aromatic N) is 2. The van der Waals surface area contributed by atoms with Crippen LogP contribution < -0.4 is 9.47 Å². The van der Waals surface area contributed by atoms with Crippen LogP contribution in [0.25, 0.3) is 0 Å². The van der Waals surface area contributed by atoms with E-state index in [1.54, 1.807) is 14.2 Å². The van der Waals surface area contributed by atoms with Crippen molar-refractivity contribution in [3.8, 4) is 11.5 Å². The lowest BCUT2D eigenvalue weighted by molar-refractivity contribution is -0.139. The number of hydrogen-bond donors (Lipinski definition) is 0. The molecule has 0 aromatic heterocycles. The van der Waals surface area contributed by atoms with Gasteiger partial charge in [-0.25, -0.2) is 0 Å². The largest absolute Gasteiger partial charge is 0.493 e. The quantitative estimate of drug-likeness (QED) is 0.647. The van der Waals surface area contributed by atoms with Crippen LogP contribution in [0.5, 0.6) is 11.5 Å². The van der Waals surface area contributed by atoms with E-state index in [9.17, 15) is 9.59 Å². The molecule has 0 radical (unpaired) electrons.